The fourth-order valence-corrected chi connectivity index (χ4v) is 4.15. The molecule has 0 amide bonds. The Morgan fingerprint density at radius 1 is 1.07 bits per heavy atom. The van der Waals surface area contributed by atoms with Gasteiger partial charge in [-0.1, -0.05) is 42.5 Å². The van der Waals surface area contributed by atoms with E-state index in [4.69, 9.17) is 5.73 Å². The van der Waals surface area contributed by atoms with Crippen LogP contribution in [0.3, 0.4) is 0 Å². The number of rotatable bonds is 3. The van der Waals surface area contributed by atoms with Crippen molar-refractivity contribution in [3.8, 4) is 17.2 Å². The molecule has 2 aromatic carbocycles. The van der Waals surface area contributed by atoms with Crippen LogP contribution >= 0.6 is 0 Å². The van der Waals surface area contributed by atoms with Gasteiger partial charge in [0.05, 0.1) is 0 Å². The highest BCUT2D eigenvalue weighted by Gasteiger charge is 2.27. The average Bonchev–Trinajstić information content (AvgIpc) is 2.73. The zero-order valence-corrected chi connectivity index (χ0v) is 16.3. The molecule has 1 aliphatic carbocycles. The fourth-order valence-electron chi connectivity index (χ4n) is 4.15. The summed E-state index contributed by atoms with van der Waals surface area (Å²) in [5, 5.41) is 9.81. The smallest absolute Gasteiger partial charge is 0.142 e. The number of hydrogen-bond acceptors (Lipinski definition) is 4. The van der Waals surface area contributed by atoms with E-state index in [1.165, 1.54) is 11.1 Å². The third-order valence-electron chi connectivity index (χ3n) is 5.65. The van der Waals surface area contributed by atoms with Crippen molar-refractivity contribution in [3.63, 3.8) is 0 Å². The van der Waals surface area contributed by atoms with Gasteiger partial charge in [0, 0.05) is 31.0 Å². The third-order valence-corrected chi connectivity index (χ3v) is 5.65. The van der Waals surface area contributed by atoms with Crippen LogP contribution in [0.5, 0.6) is 0 Å². The first-order chi connectivity index (χ1) is 13.6. The van der Waals surface area contributed by atoms with E-state index in [1.807, 2.05) is 20.2 Å². The van der Waals surface area contributed by atoms with E-state index in [-0.39, 0.29) is 0 Å². The highest BCUT2D eigenvalue weighted by molar-refractivity contribution is 5.80. The molecule has 0 saturated carbocycles. The van der Waals surface area contributed by atoms with E-state index in [0.717, 1.165) is 41.8 Å². The van der Waals surface area contributed by atoms with Crippen molar-refractivity contribution in [3.05, 3.63) is 77.0 Å². The Bertz CT molecular complexity index is 1030. The molecule has 4 rings (SSSR count). The highest BCUT2D eigenvalue weighted by Crippen LogP contribution is 2.40. The molecule has 1 aliphatic rings. The number of nitrogens with two attached hydrogens (primary N) is 1. The van der Waals surface area contributed by atoms with Crippen molar-refractivity contribution in [2.45, 2.75) is 25.2 Å². The minimum Gasteiger partial charge on any atom is -0.383 e. The van der Waals surface area contributed by atoms with Crippen LogP contribution in [0.1, 0.15) is 34.7 Å². The van der Waals surface area contributed by atoms with Crippen LogP contribution < -0.4 is 10.6 Å². The predicted molar refractivity (Wildman–Crippen MR) is 114 cm³/mol. The van der Waals surface area contributed by atoms with E-state index < -0.39 is 0 Å². The summed E-state index contributed by atoms with van der Waals surface area (Å²) in [5.41, 5.74) is 13.3. The molecule has 28 heavy (non-hydrogen) atoms. The minimum absolute atomic E-state index is 0.339. The van der Waals surface area contributed by atoms with E-state index in [2.05, 4.69) is 64.5 Å². The molecule has 3 aromatic rings. The third kappa shape index (κ3) is 3.20. The zero-order chi connectivity index (χ0) is 19.7. The van der Waals surface area contributed by atoms with Crippen LogP contribution in [0.15, 0.2) is 54.6 Å². The van der Waals surface area contributed by atoms with Gasteiger partial charge in [0.15, 0.2) is 0 Å². The summed E-state index contributed by atoms with van der Waals surface area (Å²) in [7, 11) is 4.04. The lowest BCUT2D eigenvalue weighted by Crippen LogP contribution is -2.17. The molecule has 0 spiro atoms. The molecule has 1 unspecified atom stereocenters. The van der Waals surface area contributed by atoms with Crippen molar-refractivity contribution in [2.75, 3.05) is 24.7 Å². The van der Waals surface area contributed by atoms with Gasteiger partial charge >= 0.3 is 0 Å². The number of anilines is 2. The maximum Gasteiger partial charge on any atom is 0.142 e. The van der Waals surface area contributed by atoms with Gasteiger partial charge in [-0.25, -0.2) is 4.98 Å². The van der Waals surface area contributed by atoms with Gasteiger partial charge in [-0.3, -0.25) is 0 Å². The lowest BCUT2D eigenvalue weighted by Gasteiger charge is -2.27. The zero-order valence-electron chi connectivity index (χ0n) is 16.3. The van der Waals surface area contributed by atoms with Gasteiger partial charge in [0.25, 0.3) is 0 Å². The van der Waals surface area contributed by atoms with Crippen LogP contribution in [0.25, 0.3) is 11.1 Å². The van der Waals surface area contributed by atoms with Gasteiger partial charge in [-0.2, -0.15) is 5.26 Å². The number of fused-ring (bicyclic) bond motifs is 1. The van der Waals surface area contributed by atoms with Crippen molar-refractivity contribution in [1.82, 2.24) is 4.98 Å². The van der Waals surface area contributed by atoms with Crippen molar-refractivity contribution < 1.29 is 0 Å². The summed E-state index contributed by atoms with van der Waals surface area (Å²) in [6.07, 6.45) is 2.81. The maximum absolute atomic E-state index is 9.81. The molecule has 0 aliphatic heterocycles. The van der Waals surface area contributed by atoms with Crippen LogP contribution in [0.2, 0.25) is 0 Å². The van der Waals surface area contributed by atoms with Crippen molar-refractivity contribution >= 4 is 11.5 Å². The molecular weight excluding hydrogens is 344 g/mol. The summed E-state index contributed by atoms with van der Waals surface area (Å²) < 4.78 is 0. The van der Waals surface area contributed by atoms with Crippen molar-refractivity contribution in [1.29, 1.82) is 5.26 Å². The topological polar surface area (TPSA) is 65.9 Å². The molecule has 1 aromatic heterocycles. The number of pyridine rings is 1. The SMILES string of the molecule is CN(C)c1ccc(-c2c(C#N)c(N)nc3c2CC(c2ccccc2)CC3)cc1. The monoisotopic (exact) mass is 368 g/mol. The minimum atomic E-state index is 0.339. The first kappa shape index (κ1) is 18.1. The normalized spacial score (nSPS) is 15.5. The van der Waals surface area contributed by atoms with Gasteiger partial charge in [0.1, 0.15) is 17.5 Å². The maximum atomic E-state index is 9.81. The van der Waals surface area contributed by atoms with E-state index in [0.29, 0.717) is 17.3 Å². The van der Waals surface area contributed by atoms with Crippen LogP contribution in [-0.4, -0.2) is 19.1 Å². The molecule has 140 valence electrons. The molecule has 4 heteroatoms. The standard InChI is InChI=1S/C24H24N4/c1-28(2)19-11-8-17(9-12-19)23-20-14-18(16-6-4-3-5-7-16)10-13-22(20)27-24(26)21(23)15-25/h3-9,11-12,18H,10,13-14H2,1-2H3,(H2,26,27). The number of nitrogens with zero attached hydrogens (tertiary/aromatic N) is 3. The summed E-state index contributed by atoms with van der Waals surface area (Å²) >= 11 is 0. The van der Waals surface area contributed by atoms with E-state index in [1.54, 1.807) is 0 Å². The predicted octanol–water partition coefficient (Wildman–Crippen LogP) is 4.54. The molecule has 0 fully saturated rings. The number of aryl methyl sites for hydroxylation is 1. The molecule has 2 N–H and O–H groups in total. The van der Waals surface area contributed by atoms with Crippen LogP contribution in [0, 0.1) is 11.3 Å². The number of benzene rings is 2. The molecule has 1 heterocycles. The van der Waals surface area contributed by atoms with Crippen LogP contribution in [0.4, 0.5) is 11.5 Å². The Balaban J connectivity index is 1.84. The van der Waals surface area contributed by atoms with Crippen LogP contribution in [-0.2, 0) is 12.8 Å². The second kappa shape index (κ2) is 7.36. The highest BCUT2D eigenvalue weighted by atomic mass is 15.1. The Hall–Kier alpha value is -3.32. The van der Waals surface area contributed by atoms with Gasteiger partial charge in [0.2, 0.25) is 0 Å². The Morgan fingerprint density at radius 2 is 1.79 bits per heavy atom. The Morgan fingerprint density at radius 3 is 2.43 bits per heavy atom. The molecule has 0 bridgehead atoms. The van der Waals surface area contributed by atoms with E-state index in [9.17, 15) is 5.26 Å². The first-order valence-corrected chi connectivity index (χ1v) is 9.62. The summed E-state index contributed by atoms with van der Waals surface area (Å²) in [6.45, 7) is 0. The number of nitriles is 1. The Labute approximate surface area is 166 Å². The van der Waals surface area contributed by atoms with Crippen molar-refractivity contribution in [2.24, 2.45) is 0 Å². The fraction of sp³-hybridized carbons (Fsp3) is 0.250. The van der Waals surface area contributed by atoms with E-state index >= 15 is 0 Å². The Kier molecular flexibility index (Phi) is 4.75. The lowest BCUT2D eigenvalue weighted by atomic mass is 9.78. The summed E-state index contributed by atoms with van der Waals surface area (Å²) in [4.78, 5) is 6.66. The molecular formula is C24H24N4. The quantitative estimate of drug-likeness (QED) is 0.737. The number of aromatic nitrogens is 1. The lowest BCUT2D eigenvalue weighted by molar-refractivity contribution is 0.576. The largest absolute Gasteiger partial charge is 0.383 e. The molecule has 0 radical (unpaired) electrons. The molecule has 4 nitrogen and oxygen atoms in total. The first-order valence-electron chi connectivity index (χ1n) is 9.62. The number of nitrogen functional groups attached to an aromatic ring is 1. The second-order valence-electron chi connectivity index (χ2n) is 7.58. The van der Waals surface area contributed by atoms with Gasteiger partial charge in [-0.05, 0) is 54.0 Å². The summed E-state index contributed by atoms with van der Waals surface area (Å²) in [6, 6.07) is 21.2. The van der Waals surface area contributed by atoms with Gasteiger partial charge < -0.3 is 10.6 Å². The molecule has 0 saturated heterocycles. The average molecular weight is 368 g/mol. The molecule has 1 atom stereocenters. The van der Waals surface area contributed by atoms with Gasteiger partial charge in [-0.15, -0.1) is 0 Å². The second-order valence-corrected chi connectivity index (χ2v) is 7.58. The number of hydrogen-bond donors (Lipinski definition) is 1. The summed E-state index contributed by atoms with van der Waals surface area (Å²) in [5.74, 6) is 0.775.